The van der Waals surface area contributed by atoms with Crippen molar-refractivity contribution in [2.75, 3.05) is 0 Å². The molecule has 0 unspecified atom stereocenters. The van der Waals surface area contributed by atoms with Gasteiger partial charge in [0.15, 0.2) is 0 Å². The van der Waals surface area contributed by atoms with Crippen molar-refractivity contribution in [3.63, 3.8) is 0 Å². The van der Waals surface area contributed by atoms with Crippen LogP contribution in [0.25, 0.3) is 0 Å². The van der Waals surface area contributed by atoms with Gasteiger partial charge in [0, 0.05) is 17.0 Å². The first kappa shape index (κ1) is 13.3. The van der Waals surface area contributed by atoms with Gasteiger partial charge in [-0.2, -0.15) is 0 Å². The second-order valence-corrected chi connectivity index (χ2v) is 6.48. The molecule has 0 saturated heterocycles. The van der Waals surface area contributed by atoms with Crippen LogP contribution in [0.5, 0.6) is 5.75 Å². The molecule has 2 aliphatic rings. The van der Waals surface area contributed by atoms with Crippen LogP contribution in [0.15, 0.2) is 18.2 Å². The first-order chi connectivity index (χ1) is 9.12. The van der Waals surface area contributed by atoms with Crippen molar-refractivity contribution in [1.82, 2.24) is 0 Å². The summed E-state index contributed by atoms with van der Waals surface area (Å²) < 4.78 is 6.26. The van der Waals surface area contributed by atoms with Crippen molar-refractivity contribution in [2.24, 2.45) is 5.92 Å². The normalized spacial score (nSPS) is 33.8. The zero-order chi connectivity index (χ0) is 13.5. The Labute approximate surface area is 119 Å². The third kappa shape index (κ3) is 2.48. The maximum atomic E-state index is 10.4. The predicted molar refractivity (Wildman–Crippen MR) is 76.6 cm³/mol. The van der Waals surface area contributed by atoms with E-state index in [9.17, 15) is 5.11 Å². The summed E-state index contributed by atoms with van der Waals surface area (Å²) in [7, 11) is 0. The number of ether oxygens (including phenoxy) is 1. The van der Waals surface area contributed by atoms with Crippen molar-refractivity contribution in [2.45, 2.75) is 57.2 Å². The van der Waals surface area contributed by atoms with Crippen LogP contribution in [0.3, 0.4) is 0 Å². The zero-order valence-electron chi connectivity index (χ0n) is 11.4. The molecule has 0 aromatic heterocycles. The Morgan fingerprint density at radius 1 is 1.37 bits per heavy atom. The van der Waals surface area contributed by atoms with Gasteiger partial charge >= 0.3 is 0 Å². The molecule has 2 nitrogen and oxygen atoms in total. The fourth-order valence-corrected chi connectivity index (χ4v) is 3.71. The number of rotatable bonds is 1. The lowest BCUT2D eigenvalue weighted by Gasteiger charge is -2.45. The third-order valence-corrected chi connectivity index (χ3v) is 5.05. The van der Waals surface area contributed by atoms with Crippen LogP contribution in [0.2, 0.25) is 5.02 Å². The number of aliphatic hydroxyl groups is 1. The van der Waals surface area contributed by atoms with E-state index in [1.807, 2.05) is 18.2 Å². The highest BCUT2D eigenvalue weighted by Gasteiger charge is 2.42. The largest absolute Gasteiger partial charge is 0.487 e. The lowest BCUT2D eigenvalue weighted by molar-refractivity contribution is -0.0470. The second kappa shape index (κ2) is 4.99. The van der Waals surface area contributed by atoms with Gasteiger partial charge in [0.2, 0.25) is 0 Å². The van der Waals surface area contributed by atoms with Crippen molar-refractivity contribution in [3.05, 3.63) is 28.8 Å². The Bertz CT molecular complexity index is 464. The molecule has 1 atom stereocenters. The Balaban J connectivity index is 1.83. The molecule has 0 bridgehead atoms. The Morgan fingerprint density at radius 3 is 2.79 bits per heavy atom. The van der Waals surface area contributed by atoms with Crippen molar-refractivity contribution < 1.29 is 9.84 Å². The SMILES string of the molecule is CCC1CCC2(CC1)C[C@@H](O)c1cc(Cl)ccc1O2. The molecule has 3 heteroatoms. The molecule has 1 heterocycles. The van der Waals surface area contributed by atoms with Crippen LogP contribution in [-0.2, 0) is 0 Å². The number of hydrogen-bond donors (Lipinski definition) is 1. The standard InChI is InChI=1S/C16H21ClO2/c1-2-11-5-7-16(8-6-11)10-14(18)13-9-12(17)3-4-15(13)19-16/h3-4,9,11,14,18H,2,5-8,10H2,1H3/t11?,14-,16?/m1/s1. The molecule has 1 aromatic rings. The lowest BCUT2D eigenvalue weighted by atomic mass is 9.73. The summed E-state index contributed by atoms with van der Waals surface area (Å²) in [5.74, 6) is 1.65. The van der Waals surface area contributed by atoms with Gasteiger partial charge in [0.1, 0.15) is 11.4 Å². The number of halogens is 1. The van der Waals surface area contributed by atoms with Gasteiger partial charge in [-0.1, -0.05) is 24.9 Å². The molecule has 1 spiro atoms. The summed E-state index contributed by atoms with van der Waals surface area (Å²) >= 11 is 5.99. The average molecular weight is 281 g/mol. The third-order valence-electron chi connectivity index (χ3n) is 4.82. The minimum Gasteiger partial charge on any atom is -0.487 e. The number of benzene rings is 1. The molecule has 0 amide bonds. The molecule has 1 N–H and O–H groups in total. The van der Waals surface area contributed by atoms with Crippen LogP contribution in [0, 0.1) is 5.92 Å². The smallest absolute Gasteiger partial charge is 0.126 e. The summed E-state index contributed by atoms with van der Waals surface area (Å²) in [6, 6.07) is 5.56. The van der Waals surface area contributed by atoms with Crippen LogP contribution < -0.4 is 4.74 Å². The Kier molecular flexibility index (Phi) is 3.48. The van der Waals surface area contributed by atoms with E-state index in [0.29, 0.717) is 11.4 Å². The van der Waals surface area contributed by atoms with Gasteiger partial charge in [-0.15, -0.1) is 0 Å². The topological polar surface area (TPSA) is 29.5 Å². The minimum atomic E-state index is -0.444. The van der Waals surface area contributed by atoms with E-state index in [4.69, 9.17) is 16.3 Å². The van der Waals surface area contributed by atoms with Crippen LogP contribution >= 0.6 is 11.6 Å². The lowest BCUT2D eigenvalue weighted by Crippen LogP contribution is -2.44. The minimum absolute atomic E-state index is 0.147. The molecular formula is C16H21ClO2. The van der Waals surface area contributed by atoms with Crippen molar-refractivity contribution >= 4 is 11.6 Å². The van der Waals surface area contributed by atoms with Gasteiger partial charge in [-0.05, 0) is 49.8 Å². The molecular weight excluding hydrogens is 260 g/mol. The molecule has 1 fully saturated rings. The molecule has 104 valence electrons. The van der Waals surface area contributed by atoms with E-state index in [2.05, 4.69) is 6.92 Å². The van der Waals surface area contributed by atoms with Gasteiger partial charge in [0.05, 0.1) is 6.10 Å². The summed E-state index contributed by atoms with van der Waals surface area (Å²) in [6.07, 6.45) is 6.07. The molecule has 19 heavy (non-hydrogen) atoms. The van der Waals surface area contributed by atoms with Crippen molar-refractivity contribution in [3.8, 4) is 5.75 Å². The van der Waals surface area contributed by atoms with Crippen LogP contribution in [-0.4, -0.2) is 10.7 Å². The average Bonchev–Trinajstić information content (AvgIpc) is 2.41. The summed E-state index contributed by atoms with van der Waals surface area (Å²) in [6.45, 7) is 2.26. The summed E-state index contributed by atoms with van der Waals surface area (Å²) in [5, 5.41) is 11.0. The van der Waals surface area contributed by atoms with E-state index < -0.39 is 6.10 Å². The number of hydrogen-bond acceptors (Lipinski definition) is 2. The fraction of sp³-hybridized carbons (Fsp3) is 0.625. The Hall–Kier alpha value is -0.730. The fourth-order valence-electron chi connectivity index (χ4n) is 3.53. The van der Waals surface area contributed by atoms with Gasteiger partial charge in [-0.25, -0.2) is 0 Å². The monoisotopic (exact) mass is 280 g/mol. The molecule has 0 radical (unpaired) electrons. The van der Waals surface area contributed by atoms with E-state index in [1.54, 1.807) is 0 Å². The molecule has 1 aliphatic heterocycles. The highest BCUT2D eigenvalue weighted by molar-refractivity contribution is 6.30. The van der Waals surface area contributed by atoms with Gasteiger partial charge < -0.3 is 9.84 Å². The zero-order valence-corrected chi connectivity index (χ0v) is 12.1. The summed E-state index contributed by atoms with van der Waals surface area (Å²) in [5.41, 5.74) is 0.696. The maximum Gasteiger partial charge on any atom is 0.126 e. The quantitative estimate of drug-likeness (QED) is 0.821. The first-order valence-corrected chi connectivity index (χ1v) is 7.66. The first-order valence-electron chi connectivity index (χ1n) is 7.28. The Morgan fingerprint density at radius 2 is 2.11 bits per heavy atom. The van der Waals surface area contributed by atoms with Gasteiger partial charge in [-0.3, -0.25) is 0 Å². The van der Waals surface area contributed by atoms with E-state index in [1.165, 1.54) is 19.3 Å². The van der Waals surface area contributed by atoms with Crippen molar-refractivity contribution in [1.29, 1.82) is 0 Å². The molecule has 1 saturated carbocycles. The van der Waals surface area contributed by atoms with E-state index in [-0.39, 0.29) is 5.60 Å². The second-order valence-electron chi connectivity index (χ2n) is 6.04. The molecule has 1 aromatic carbocycles. The predicted octanol–water partition coefficient (Wildman–Crippen LogP) is 4.49. The van der Waals surface area contributed by atoms with E-state index in [0.717, 1.165) is 30.1 Å². The highest BCUT2D eigenvalue weighted by Crippen LogP contribution is 2.47. The highest BCUT2D eigenvalue weighted by atomic mass is 35.5. The molecule has 1 aliphatic carbocycles. The van der Waals surface area contributed by atoms with E-state index >= 15 is 0 Å². The van der Waals surface area contributed by atoms with Crippen LogP contribution in [0.4, 0.5) is 0 Å². The maximum absolute atomic E-state index is 10.4. The van der Waals surface area contributed by atoms with Crippen LogP contribution in [0.1, 0.15) is 57.1 Å². The van der Waals surface area contributed by atoms with Gasteiger partial charge in [0.25, 0.3) is 0 Å². The number of aliphatic hydroxyl groups excluding tert-OH is 1. The molecule has 3 rings (SSSR count). The number of fused-ring (bicyclic) bond motifs is 1. The summed E-state index contributed by atoms with van der Waals surface area (Å²) in [4.78, 5) is 0.